The Hall–Kier alpha value is -0.850. The van der Waals surface area contributed by atoms with Gasteiger partial charge in [0.2, 0.25) is 0 Å². The number of hydrogen-bond donors (Lipinski definition) is 0. The molecule has 20 heavy (non-hydrogen) atoms. The smallest absolute Gasteiger partial charge is 0.155 e. The largest absolute Gasteiger partial charge is 0.295 e. The highest BCUT2D eigenvalue weighted by Gasteiger charge is 2.53. The van der Waals surface area contributed by atoms with Gasteiger partial charge in [-0.15, -0.1) is 0 Å². The van der Waals surface area contributed by atoms with Crippen molar-refractivity contribution in [3.8, 4) is 0 Å². The first-order valence-corrected chi connectivity index (χ1v) is 8.47. The van der Waals surface area contributed by atoms with Crippen LogP contribution in [-0.4, -0.2) is 5.78 Å². The fourth-order valence-corrected chi connectivity index (χ4v) is 5.88. The van der Waals surface area contributed by atoms with E-state index in [1.54, 1.807) is 5.57 Å². The van der Waals surface area contributed by atoms with Gasteiger partial charge in [0.05, 0.1) is 0 Å². The van der Waals surface area contributed by atoms with Gasteiger partial charge in [-0.2, -0.15) is 0 Å². The van der Waals surface area contributed by atoms with Crippen molar-refractivity contribution in [2.75, 3.05) is 0 Å². The van der Waals surface area contributed by atoms with Crippen molar-refractivity contribution in [2.45, 2.75) is 65.2 Å². The van der Waals surface area contributed by atoms with E-state index in [1.807, 2.05) is 6.08 Å². The molecule has 108 valence electrons. The van der Waals surface area contributed by atoms with Crippen LogP contribution >= 0.6 is 0 Å². The highest BCUT2D eigenvalue weighted by molar-refractivity contribution is 5.91. The van der Waals surface area contributed by atoms with Gasteiger partial charge in [0.15, 0.2) is 5.78 Å². The summed E-state index contributed by atoms with van der Waals surface area (Å²) in [4.78, 5) is 11.8. The molecule has 0 unspecified atom stereocenters. The Kier molecular flexibility index (Phi) is 2.63. The maximum absolute atomic E-state index is 11.8. The lowest BCUT2D eigenvalue weighted by atomic mass is 9.49. The molecule has 2 fully saturated rings. The number of hydrogen-bond acceptors (Lipinski definition) is 1. The summed E-state index contributed by atoms with van der Waals surface area (Å²) in [5, 5.41) is 0. The second-order valence-corrected chi connectivity index (χ2v) is 8.10. The van der Waals surface area contributed by atoms with Crippen molar-refractivity contribution in [1.82, 2.24) is 0 Å². The molecule has 0 aliphatic heterocycles. The summed E-state index contributed by atoms with van der Waals surface area (Å²) in [6.07, 6.45) is 14.3. The number of carbonyl (C=O) groups excluding carboxylic acids is 1. The number of fused-ring (bicyclic) bond motifs is 5. The topological polar surface area (TPSA) is 17.1 Å². The first-order chi connectivity index (χ1) is 9.53. The maximum Gasteiger partial charge on any atom is 0.155 e. The minimum Gasteiger partial charge on any atom is -0.295 e. The van der Waals surface area contributed by atoms with E-state index < -0.39 is 0 Å². The van der Waals surface area contributed by atoms with Crippen LogP contribution in [0.5, 0.6) is 0 Å². The molecule has 0 aromatic carbocycles. The highest BCUT2D eigenvalue weighted by Crippen LogP contribution is 2.63. The van der Waals surface area contributed by atoms with Crippen molar-refractivity contribution in [2.24, 2.45) is 22.7 Å². The van der Waals surface area contributed by atoms with Crippen molar-refractivity contribution in [3.63, 3.8) is 0 Å². The quantitative estimate of drug-likeness (QED) is 0.576. The van der Waals surface area contributed by atoms with Crippen LogP contribution < -0.4 is 0 Å². The lowest BCUT2D eigenvalue weighted by molar-refractivity contribution is -0.116. The van der Waals surface area contributed by atoms with Crippen LogP contribution in [0.25, 0.3) is 0 Å². The molecule has 0 bridgehead atoms. The lowest BCUT2D eigenvalue weighted by Crippen LogP contribution is -2.46. The van der Waals surface area contributed by atoms with Gasteiger partial charge in [0.1, 0.15) is 0 Å². The normalized spacial score (nSPS) is 47.0. The monoisotopic (exact) mass is 270 g/mol. The molecule has 2 saturated carbocycles. The Morgan fingerprint density at radius 1 is 1.10 bits per heavy atom. The molecule has 1 heteroatoms. The Balaban J connectivity index is 1.73. The first kappa shape index (κ1) is 12.9. The van der Waals surface area contributed by atoms with Crippen molar-refractivity contribution in [1.29, 1.82) is 0 Å². The summed E-state index contributed by atoms with van der Waals surface area (Å²) in [5.74, 6) is 1.98. The van der Waals surface area contributed by atoms with E-state index in [0.29, 0.717) is 16.6 Å². The molecule has 0 spiro atoms. The lowest BCUT2D eigenvalue weighted by Gasteiger charge is -2.55. The van der Waals surface area contributed by atoms with E-state index in [0.717, 1.165) is 31.1 Å². The van der Waals surface area contributed by atoms with Crippen molar-refractivity contribution >= 4 is 5.78 Å². The van der Waals surface area contributed by atoms with Crippen molar-refractivity contribution in [3.05, 3.63) is 23.3 Å². The molecule has 0 N–H and O–H groups in total. The Labute approximate surface area is 122 Å². The summed E-state index contributed by atoms with van der Waals surface area (Å²) in [6, 6.07) is 0. The van der Waals surface area contributed by atoms with Crippen LogP contribution in [0.4, 0.5) is 0 Å². The molecule has 0 heterocycles. The van der Waals surface area contributed by atoms with Crippen molar-refractivity contribution < 1.29 is 4.79 Å². The fourth-order valence-electron chi connectivity index (χ4n) is 5.88. The van der Waals surface area contributed by atoms with Crippen LogP contribution in [0.2, 0.25) is 0 Å². The van der Waals surface area contributed by atoms with Gasteiger partial charge in [0.25, 0.3) is 0 Å². The molecule has 4 aliphatic carbocycles. The van der Waals surface area contributed by atoms with E-state index in [1.165, 1.54) is 37.7 Å². The van der Waals surface area contributed by atoms with Gasteiger partial charge < -0.3 is 0 Å². The highest BCUT2D eigenvalue weighted by atomic mass is 16.1. The molecular formula is C19H26O. The predicted molar refractivity (Wildman–Crippen MR) is 81.3 cm³/mol. The van der Waals surface area contributed by atoms with E-state index in [4.69, 9.17) is 0 Å². The minimum atomic E-state index is 0.321. The Morgan fingerprint density at radius 3 is 2.80 bits per heavy atom. The molecule has 0 aromatic heterocycles. The number of carbonyl (C=O) groups is 1. The molecule has 4 rings (SSSR count). The predicted octanol–water partition coefficient (Wildman–Crippen LogP) is 4.83. The third-order valence-corrected chi connectivity index (χ3v) is 7.15. The summed E-state index contributed by atoms with van der Waals surface area (Å²) in [5.41, 5.74) is 4.12. The summed E-state index contributed by atoms with van der Waals surface area (Å²) in [7, 11) is 0. The van der Waals surface area contributed by atoms with Crippen LogP contribution in [0.3, 0.4) is 0 Å². The molecular weight excluding hydrogens is 244 g/mol. The van der Waals surface area contributed by atoms with E-state index in [9.17, 15) is 4.79 Å². The fraction of sp³-hybridized carbons (Fsp3) is 0.737. The minimum absolute atomic E-state index is 0.321. The van der Waals surface area contributed by atoms with Gasteiger partial charge in [0, 0.05) is 6.42 Å². The molecule has 0 saturated heterocycles. The zero-order chi connectivity index (χ0) is 14.0. The third kappa shape index (κ3) is 1.58. The van der Waals surface area contributed by atoms with Gasteiger partial charge in [-0.3, -0.25) is 4.79 Å². The van der Waals surface area contributed by atoms with Gasteiger partial charge in [-0.25, -0.2) is 0 Å². The van der Waals surface area contributed by atoms with Crippen LogP contribution in [0.15, 0.2) is 23.3 Å². The molecule has 1 nitrogen and oxygen atoms in total. The zero-order valence-corrected chi connectivity index (χ0v) is 12.9. The number of ketones is 1. The second kappa shape index (κ2) is 4.08. The summed E-state index contributed by atoms with van der Waals surface area (Å²) in [6.45, 7) is 4.96. The number of allylic oxidation sites excluding steroid dienone is 4. The summed E-state index contributed by atoms with van der Waals surface area (Å²) >= 11 is 0. The van der Waals surface area contributed by atoms with E-state index in [2.05, 4.69) is 19.9 Å². The van der Waals surface area contributed by atoms with Crippen LogP contribution in [0.1, 0.15) is 65.2 Å². The second-order valence-electron chi connectivity index (χ2n) is 8.10. The molecule has 0 radical (unpaired) electrons. The average Bonchev–Trinajstić information content (AvgIpc) is 2.81. The molecule has 0 aromatic rings. The third-order valence-electron chi connectivity index (χ3n) is 7.15. The SMILES string of the molecule is C[C@]12CCC=C1[C@@H]1CCC3=CC(=O)CC[C@]3(C)[C@@H]1CC2. The molecule has 4 aliphatic rings. The maximum atomic E-state index is 11.8. The van der Waals surface area contributed by atoms with Crippen LogP contribution in [0, 0.1) is 22.7 Å². The van der Waals surface area contributed by atoms with Crippen LogP contribution in [-0.2, 0) is 4.79 Å². The summed E-state index contributed by atoms with van der Waals surface area (Å²) < 4.78 is 0. The number of rotatable bonds is 0. The Morgan fingerprint density at radius 2 is 1.95 bits per heavy atom. The van der Waals surface area contributed by atoms with E-state index >= 15 is 0 Å². The molecule has 0 amide bonds. The standard InChI is InChI=1S/C19H26O/c1-18-9-3-4-16(18)15-6-5-13-12-14(20)7-11-19(13,2)17(15)8-10-18/h4,12,15,17H,3,5-11H2,1-2H3/t15-,17+,18+,19-/m0/s1. The Bertz CT molecular complexity index is 526. The van der Waals surface area contributed by atoms with E-state index in [-0.39, 0.29) is 0 Å². The first-order valence-electron chi connectivity index (χ1n) is 8.47. The van der Waals surface area contributed by atoms with Gasteiger partial charge in [-0.05, 0) is 73.7 Å². The zero-order valence-electron chi connectivity index (χ0n) is 12.9. The molecule has 4 atom stereocenters. The average molecular weight is 270 g/mol. The van der Waals surface area contributed by atoms with Gasteiger partial charge in [-0.1, -0.05) is 31.1 Å². The van der Waals surface area contributed by atoms with Gasteiger partial charge >= 0.3 is 0 Å².